The fraction of sp³-hybridized carbons (Fsp3) is 0.333. The summed E-state index contributed by atoms with van der Waals surface area (Å²) in [6, 6.07) is 13.7. The molecule has 1 aliphatic rings. The van der Waals surface area contributed by atoms with Gasteiger partial charge in [-0.2, -0.15) is 5.10 Å². The van der Waals surface area contributed by atoms with Crippen molar-refractivity contribution in [1.29, 1.82) is 0 Å². The summed E-state index contributed by atoms with van der Waals surface area (Å²) in [5.74, 6) is 0.647. The molecule has 1 N–H and O–H groups in total. The third kappa shape index (κ3) is 4.00. The van der Waals surface area contributed by atoms with E-state index in [1.54, 1.807) is 10.9 Å². The van der Waals surface area contributed by atoms with Gasteiger partial charge in [0.25, 0.3) is 5.91 Å². The lowest BCUT2D eigenvalue weighted by Gasteiger charge is -2.32. The number of piperazine rings is 1. The number of hydrogen-bond acceptors (Lipinski definition) is 4. The van der Waals surface area contributed by atoms with E-state index in [9.17, 15) is 4.79 Å². The normalized spacial score (nSPS) is 15.6. The van der Waals surface area contributed by atoms with Gasteiger partial charge in [0.1, 0.15) is 5.56 Å². The van der Waals surface area contributed by atoms with Gasteiger partial charge in [-0.15, -0.1) is 0 Å². The quantitative estimate of drug-likeness (QED) is 0.709. The minimum atomic E-state index is -0.0972. The number of carbonyl (C=O) groups excluding carboxylic acids is 1. The first-order chi connectivity index (χ1) is 13.7. The number of nitrogens with one attached hydrogen (secondary N) is 1. The zero-order chi connectivity index (χ0) is 19.3. The minimum absolute atomic E-state index is 0.0972. The van der Waals surface area contributed by atoms with Crippen LogP contribution in [0.25, 0.3) is 11.5 Å². The van der Waals surface area contributed by atoms with E-state index >= 15 is 0 Å². The first-order valence-corrected chi connectivity index (χ1v) is 9.68. The van der Waals surface area contributed by atoms with Gasteiger partial charge in [-0.25, -0.2) is 4.68 Å². The van der Waals surface area contributed by atoms with Crippen LogP contribution < -0.4 is 5.32 Å². The average molecular weight is 378 g/mol. The summed E-state index contributed by atoms with van der Waals surface area (Å²) in [5, 5.41) is 7.55. The molecule has 3 heterocycles. The average Bonchev–Trinajstić information content (AvgIpc) is 3.39. The van der Waals surface area contributed by atoms with E-state index in [2.05, 4.69) is 27.3 Å². The Morgan fingerprint density at radius 2 is 1.75 bits per heavy atom. The van der Waals surface area contributed by atoms with Crippen LogP contribution >= 0.6 is 0 Å². The lowest BCUT2D eigenvalue weighted by molar-refractivity contribution is 0.0941. The molecule has 4 rings (SSSR count). The first kappa shape index (κ1) is 18.5. The molecule has 1 saturated heterocycles. The molecule has 1 aromatic carbocycles. The van der Waals surface area contributed by atoms with Crippen molar-refractivity contribution in [3.8, 4) is 11.5 Å². The maximum atomic E-state index is 12.9. The minimum Gasteiger partial charge on any atom is -0.351 e. The summed E-state index contributed by atoms with van der Waals surface area (Å²) in [5.41, 5.74) is 1.49. The van der Waals surface area contributed by atoms with Crippen LogP contribution in [0.5, 0.6) is 0 Å². The highest BCUT2D eigenvalue weighted by Crippen LogP contribution is 2.19. The zero-order valence-corrected chi connectivity index (χ0v) is 16.2. The van der Waals surface area contributed by atoms with Gasteiger partial charge in [0, 0.05) is 51.7 Å². The van der Waals surface area contributed by atoms with Gasteiger partial charge in [-0.3, -0.25) is 9.69 Å². The van der Waals surface area contributed by atoms with E-state index in [0.29, 0.717) is 12.1 Å². The monoisotopic (exact) mass is 378 g/mol. The van der Waals surface area contributed by atoms with Gasteiger partial charge in [-0.05, 0) is 31.3 Å². The summed E-state index contributed by atoms with van der Waals surface area (Å²) in [6.45, 7) is 5.75. The second-order valence-electron chi connectivity index (χ2n) is 7.12. The summed E-state index contributed by atoms with van der Waals surface area (Å²) >= 11 is 0. The second-order valence-corrected chi connectivity index (χ2v) is 7.12. The van der Waals surface area contributed by atoms with Crippen molar-refractivity contribution in [2.24, 2.45) is 0 Å². The summed E-state index contributed by atoms with van der Waals surface area (Å²) in [6.07, 6.45) is 5.50. The molecular formula is C21H26N6O. The summed E-state index contributed by atoms with van der Waals surface area (Å²) in [7, 11) is 2.15. The number of rotatable bonds is 6. The van der Waals surface area contributed by atoms with Crippen molar-refractivity contribution in [2.45, 2.75) is 0 Å². The molecule has 0 bridgehead atoms. The molecule has 0 radical (unpaired) electrons. The molecule has 7 heteroatoms. The van der Waals surface area contributed by atoms with Crippen molar-refractivity contribution in [3.63, 3.8) is 0 Å². The van der Waals surface area contributed by atoms with Gasteiger partial charge in [-0.1, -0.05) is 18.2 Å². The highest BCUT2D eigenvalue weighted by molar-refractivity contribution is 5.97. The largest absolute Gasteiger partial charge is 0.351 e. The summed E-state index contributed by atoms with van der Waals surface area (Å²) in [4.78, 5) is 17.6. The molecule has 0 aliphatic carbocycles. The van der Waals surface area contributed by atoms with Crippen LogP contribution in [0.15, 0.2) is 61.1 Å². The second kappa shape index (κ2) is 8.41. The summed E-state index contributed by atoms with van der Waals surface area (Å²) < 4.78 is 3.73. The third-order valence-corrected chi connectivity index (χ3v) is 5.15. The SMILES string of the molecule is CN1CCN(CCNC(=O)c2cnn(-c3ccccc3)c2-n2cccc2)CC1. The van der Waals surface area contributed by atoms with Crippen molar-refractivity contribution < 1.29 is 4.79 Å². The molecule has 7 nitrogen and oxygen atoms in total. The molecule has 146 valence electrons. The number of nitrogens with zero attached hydrogens (tertiary/aromatic N) is 5. The standard InChI is InChI=1S/C21H26N6O/c1-24-13-15-25(16-14-24)12-9-22-20(28)19-17-23-27(18-7-3-2-4-8-18)21(19)26-10-5-6-11-26/h2-8,10-11,17H,9,12-16H2,1H3,(H,22,28). The van der Waals surface area contributed by atoms with E-state index in [0.717, 1.165) is 44.2 Å². The Bertz CT molecular complexity index is 894. The van der Waals surface area contributed by atoms with Crippen LogP contribution in [0, 0.1) is 0 Å². The molecule has 28 heavy (non-hydrogen) atoms. The number of aromatic nitrogens is 3. The number of carbonyl (C=O) groups is 1. The van der Waals surface area contributed by atoms with Gasteiger partial charge < -0.3 is 14.8 Å². The zero-order valence-electron chi connectivity index (χ0n) is 16.2. The van der Waals surface area contributed by atoms with Crippen LogP contribution in [0.3, 0.4) is 0 Å². The topological polar surface area (TPSA) is 58.3 Å². The smallest absolute Gasteiger partial charge is 0.256 e. The number of hydrogen-bond donors (Lipinski definition) is 1. The highest BCUT2D eigenvalue weighted by Gasteiger charge is 2.20. The Kier molecular flexibility index (Phi) is 5.55. The van der Waals surface area contributed by atoms with Crippen LogP contribution in [0.4, 0.5) is 0 Å². The fourth-order valence-electron chi connectivity index (χ4n) is 3.48. The Hall–Kier alpha value is -2.90. The van der Waals surface area contributed by atoms with E-state index in [4.69, 9.17) is 0 Å². The Morgan fingerprint density at radius 3 is 2.46 bits per heavy atom. The van der Waals surface area contributed by atoms with Gasteiger partial charge in [0.15, 0.2) is 5.82 Å². The van der Waals surface area contributed by atoms with E-state index in [1.807, 2.05) is 59.4 Å². The number of para-hydroxylation sites is 1. The van der Waals surface area contributed by atoms with Gasteiger partial charge >= 0.3 is 0 Å². The van der Waals surface area contributed by atoms with Gasteiger partial charge in [0.2, 0.25) is 0 Å². The van der Waals surface area contributed by atoms with Crippen molar-refractivity contribution >= 4 is 5.91 Å². The Balaban J connectivity index is 1.49. The maximum Gasteiger partial charge on any atom is 0.256 e. The van der Waals surface area contributed by atoms with Crippen molar-refractivity contribution in [3.05, 3.63) is 66.6 Å². The van der Waals surface area contributed by atoms with Crippen LogP contribution in [0.1, 0.15) is 10.4 Å². The molecule has 0 saturated carbocycles. The lowest BCUT2D eigenvalue weighted by atomic mass is 10.2. The number of amides is 1. The fourth-order valence-corrected chi connectivity index (χ4v) is 3.48. The Labute approximate surface area is 165 Å². The van der Waals surface area contributed by atoms with Crippen molar-refractivity contribution in [2.75, 3.05) is 46.3 Å². The predicted octanol–water partition coefficient (Wildman–Crippen LogP) is 1.64. The maximum absolute atomic E-state index is 12.9. The number of likely N-dealkylation sites (N-methyl/N-ethyl adjacent to an activating group) is 1. The molecule has 0 atom stereocenters. The molecule has 2 aromatic heterocycles. The predicted molar refractivity (Wildman–Crippen MR) is 109 cm³/mol. The molecule has 0 unspecified atom stereocenters. The lowest BCUT2D eigenvalue weighted by Crippen LogP contribution is -2.46. The Morgan fingerprint density at radius 1 is 1.04 bits per heavy atom. The van der Waals surface area contributed by atoms with E-state index in [-0.39, 0.29) is 5.91 Å². The van der Waals surface area contributed by atoms with Crippen LogP contribution in [-0.2, 0) is 0 Å². The molecule has 1 fully saturated rings. The molecule has 1 aliphatic heterocycles. The van der Waals surface area contributed by atoms with Gasteiger partial charge in [0.05, 0.1) is 11.9 Å². The number of benzene rings is 1. The highest BCUT2D eigenvalue weighted by atomic mass is 16.1. The molecular weight excluding hydrogens is 352 g/mol. The van der Waals surface area contributed by atoms with E-state index < -0.39 is 0 Å². The van der Waals surface area contributed by atoms with Crippen LogP contribution in [-0.4, -0.2) is 76.4 Å². The van der Waals surface area contributed by atoms with Crippen LogP contribution in [0.2, 0.25) is 0 Å². The molecule has 1 amide bonds. The first-order valence-electron chi connectivity index (χ1n) is 9.68. The molecule has 3 aromatic rings. The van der Waals surface area contributed by atoms with Crippen molar-refractivity contribution in [1.82, 2.24) is 29.5 Å². The molecule has 0 spiro atoms. The third-order valence-electron chi connectivity index (χ3n) is 5.15. The van der Waals surface area contributed by atoms with E-state index in [1.165, 1.54) is 0 Å².